The van der Waals surface area contributed by atoms with Crippen LogP contribution in [0, 0.1) is 5.92 Å². The van der Waals surface area contributed by atoms with Crippen molar-refractivity contribution >= 4 is 21.8 Å². The highest BCUT2D eigenvalue weighted by Gasteiger charge is 2.43. The third-order valence-corrected chi connectivity index (χ3v) is 3.20. The van der Waals surface area contributed by atoms with Crippen molar-refractivity contribution in [1.29, 1.82) is 0 Å². The molecule has 2 nitrogen and oxygen atoms in total. The number of carbonyl (C=O) groups is 1. The summed E-state index contributed by atoms with van der Waals surface area (Å²) in [7, 11) is 1.69. The molecule has 1 N–H and O–H groups in total. The van der Waals surface area contributed by atoms with Crippen LogP contribution in [0.4, 0.5) is 0 Å². The molecule has 0 bridgehead atoms. The summed E-state index contributed by atoms with van der Waals surface area (Å²) in [6.07, 6.45) is 0.987. The first kappa shape index (κ1) is 9.71. The second kappa shape index (κ2) is 3.73. The summed E-state index contributed by atoms with van der Waals surface area (Å²) >= 11 is 3.39. The van der Waals surface area contributed by atoms with Gasteiger partial charge in [0.1, 0.15) is 0 Å². The van der Waals surface area contributed by atoms with E-state index in [1.54, 1.807) is 7.05 Å². The molecule has 1 fully saturated rings. The molecule has 1 aromatic carbocycles. The molecule has 0 aliphatic heterocycles. The average Bonchev–Trinajstić information content (AvgIpc) is 2.98. The molecular formula is C11H12BrNO. The largest absolute Gasteiger partial charge is 0.359 e. The highest BCUT2D eigenvalue weighted by molar-refractivity contribution is 9.10. The van der Waals surface area contributed by atoms with Crippen LogP contribution in [0.5, 0.6) is 0 Å². The monoisotopic (exact) mass is 253 g/mol. The van der Waals surface area contributed by atoms with Gasteiger partial charge in [0.2, 0.25) is 5.91 Å². The van der Waals surface area contributed by atoms with E-state index in [2.05, 4.69) is 33.4 Å². The Balaban J connectivity index is 2.06. The van der Waals surface area contributed by atoms with Gasteiger partial charge in [-0.1, -0.05) is 28.1 Å². The fourth-order valence-electron chi connectivity index (χ4n) is 1.75. The molecular weight excluding hydrogens is 242 g/mol. The van der Waals surface area contributed by atoms with E-state index in [1.165, 1.54) is 5.56 Å². The Bertz CT molecular complexity index is 347. The van der Waals surface area contributed by atoms with Gasteiger partial charge in [0.25, 0.3) is 0 Å². The Labute approximate surface area is 91.8 Å². The van der Waals surface area contributed by atoms with Crippen LogP contribution in [0.1, 0.15) is 17.9 Å². The van der Waals surface area contributed by atoms with E-state index in [4.69, 9.17) is 0 Å². The van der Waals surface area contributed by atoms with E-state index < -0.39 is 0 Å². The number of hydrogen-bond acceptors (Lipinski definition) is 1. The molecule has 1 aliphatic carbocycles. The van der Waals surface area contributed by atoms with E-state index in [-0.39, 0.29) is 11.8 Å². The number of carbonyl (C=O) groups excluding carboxylic acids is 1. The van der Waals surface area contributed by atoms with Crippen molar-refractivity contribution in [3.63, 3.8) is 0 Å². The van der Waals surface area contributed by atoms with E-state index in [0.29, 0.717) is 5.92 Å². The van der Waals surface area contributed by atoms with Crippen molar-refractivity contribution in [2.24, 2.45) is 5.92 Å². The van der Waals surface area contributed by atoms with Crippen LogP contribution in [-0.4, -0.2) is 13.0 Å². The fraction of sp³-hybridized carbons (Fsp3) is 0.364. The minimum Gasteiger partial charge on any atom is -0.359 e. The Morgan fingerprint density at radius 2 is 2.07 bits per heavy atom. The molecule has 1 amide bonds. The van der Waals surface area contributed by atoms with Crippen LogP contribution in [0.15, 0.2) is 28.7 Å². The molecule has 0 unspecified atom stereocenters. The maximum absolute atomic E-state index is 11.3. The first-order chi connectivity index (χ1) is 6.72. The minimum absolute atomic E-state index is 0.165. The topological polar surface area (TPSA) is 29.1 Å². The Hall–Kier alpha value is -0.830. The van der Waals surface area contributed by atoms with Gasteiger partial charge < -0.3 is 5.32 Å². The van der Waals surface area contributed by atoms with Crippen LogP contribution < -0.4 is 5.32 Å². The number of hydrogen-bond donors (Lipinski definition) is 1. The zero-order chi connectivity index (χ0) is 10.1. The van der Waals surface area contributed by atoms with Gasteiger partial charge in [-0.15, -0.1) is 0 Å². The summed E-state index contributed by atoms with van der Waals surface area (Å²) in [5.41, 5.74) is 1.27. The fourth-order valence-corrected chi connectivity index (χ4v) is 2.01. The lowest BCUT2D eigenvalue weighted by Crippen LogP contribution is -2.20. The summed E-state index contributed by atoms with van der Waals surface area (Å²) < 4.78 is 1.08. The number of benzene rings is 1. The number of rotatable bonds is 2. The Kier molecular flexibility index (Phi) is 2.59. The maximum Gasteiger partial charge on any atom is 0.223 e. The summed E-state index contributed by atoms with van der Waals surface area (Å²) in [5.74, 6) is 0.794. The Morgan fingerprint density at radius 3 is 2.64 bits per heavy atom. The second-order valence-electron chi connectivity index (χ2n) is 3.61. The minimum atomic E-state index is 0.165. The van der Waals surface area contributed by atoms with Crippen LogP contribution >= 0.6 is 15.9 Å². The quantitative estimate of drug-likeness (QED) is 0.862. The standard InChI is InChI=1S/C11H12BrNO/c1-13-11(14)10-6-9(10)7-2-4-8(12)5-3-7/h2-5,9-10H,6H2,1H3,(H,13,14)/t9-,10-/m0/s1. The maximum atomic E-state index is 11.3. The van der Waals surface area contributed by atoms with Crippen LogP contribution in [0.3, 0.4) is 0 Å². The first-order valence-corrected chi connectivity index (χ1v) is 5.48. The zero-order valence-electron chi connectivity index (χ0n) is 7.96. The number of nitrogens with one attached hydrogen (secondary N) is 1. The van der Waals surface area contributed by atoms with Crippen molar-refractivity contribution in [3.8, 4) is 0 Å². The van der Waals surface area contributed by atoms with Crippen molar-refractivity contribution in [1.82, 2.24) is 5.32 Å². The lowest BCUT2D eigenvalue weighted by Gasteiger charge is -2.00. The van der Waals surface area contributed by atoms with Gasteiger partial charge in [0.05, 0.1) is 0 Å². The van der Waals surface area contributed by atoms with Crippen molar-refractivity contribution in [3.05, 3.63) is 34.3 Å². The van der Waals surface area contributed by atoms with E-state index in [9.17, 15) is 4.79 Å². The average molecular weight is 254 g/mol. The predicted octanol–water partition coefficient (Wildman–Crippen LogP) is 2.30. The van der Waals surface area contributed by atoms with Gasteiger partial charge in [-0.3, -0.25) is 4.79 Å². The summed E-state index contributed by atoms with van der Waals surface area (Å²) in [6.45, 7) is 0. The molecule has 14 heavy (non-hydrogen) atoms. The smallest absolute Gasteiger partial charge is 0.223 e. The predicted molar refractivity (Wildman–Crippen MR) is 59.1 cm³/mol. The van der Waals surface area contributed by atoms with Crippen LogP contribution in [-0.2, 0) is 4.79 Å². The van der Waals surface area contributed by atoms with Crippen molar-refractivity contribution < 1.29 is 4.79 Å². The first-order valence-electron chi connectivity index (χ1n) is 4.69. The Morgan fingerprint density at radius 1 is 1.43 bits per heavy atom. The number of halogens is 1. The molecule has 3 heteroatoms. The third kappa shape index (κ3) is 1.82. The second-order valence-corrected chi connectivity index (χ2v) is 4.53. The molecule has 1 aromatic rings. The lowest BCUT2D eigenvalue weighted by atomic mass is 10.1. The highest BCUT2D eigenvalue weighted by Crippen LogP contribution is 2.47. The molecule has 2 rings (SSSR count). The van der Waals surface area contributed by atoms with E-state index in [1.807, 2.05) is 12.1 Å². The van der Waals surface area contributed by atoms with E-state index in [0.717, 1.165) is 10.9 Å². The SMILES string of the molecule is CNC(=O)[C@H]1C[C@H]1c1ccc(Br)cc1. The summed E-state index contributed by atoms with van der Waals surface area (Å²) in [5, 5.41) is 2.69. The molecule has 1 aliphatic rings. The molecule has 0 radical (unpaired) electrons. The zero-order valence-corrected chi connectivity index (χ0v) is 9.54. The van der Waals surface area contributed by atoms with Gasteiger partial charge in [0.15, 0.2) is 0 Å². The van der Waals surface area contributed by atoms with Crippen molar-refractivity contribution in [2.75, 3.05) is 7.05 Å². The summed E-state index contributed by atoms with van der Waals surface area (Å²) in [6, 6.07) is 8.21. The van der Waals surface area contributed by atoms with Gasteiger partial charge in [-0.2, -0.15) is 0 Å². The molecule has 0 aromatic heterocycles. The van der Waals surface area contributed by atoms with Gasteiger partial charge in [-0.05, 0) is 30.0 Å². The molecule has 0 saturated heterocycles. The normalized spacial score (nSPS) is 24.4. The van der Waals surface area contributed by atoms with Gasteiger partial charge in [-0.25, -0.2) is 0 Å². The molecule has 0 spiro atoms. The molecule has 2 atom stereocenters. The lowest BCUT2D eigenvalue weighted by molar-refractivity contribution is -0.121. The van der Waals surface area contributed by atoms with E-state index >= 15 is 0 Å². The third-order valence-electron chi connectivity index (χ3n) is 2.67. The molecule has 1 saturated carbocycles. The van der Waals surface area contributed by atoms with Crippen LogP contribution in [0.25, 0.3) is 0 Å². The van der Waals surface area contributed by atoms with Crippen molar-refractivity contribution in [2.45, 2.75) is 12.3 Å². The summed E-state index contributed by atoms with van der Waals surface area (Å²) in [4.78, 5) is 11.3. The van der Waals surface area contributed by atoms with Gasteiger partial charge in [0, 0.05) is 17.4 Å². The number of amides is 1. The van der Waals surface area contributed by atoms with Crippen LogP contribution in [0.2, 0.25) is 0 Å². The highest BCUT2D eigenvalue weighted by atomic mass is 79.9. The molecule has 0 heterocycles. The molecule has 74 valence electrons. The van der Waals surface area contributed by atoms with Gasteiger partial charge >= 0.3 is 0 Å².